The molecular formula is C17H13BrClN3O. The number of H-pyrrole nitrogens is 1. The predicted octanol–water partition coefficient (Wildman–Crippen LogP) is 5.05. The summed E-state index contributed by atoms with van der Waals surface area (Å²) in [7, 11) is 0. The Morgan fingerprint density at radius 2 is 2.00 bits per heavy atom. The molecule has 2 aromatic carbocycles. The fraction of sp³-hybridized carbons (Fsp3) is 0.0588. The number of hydrogen-bond acceptors (Lipinski definition) is 2. The van der Waals surface area contributed by atoms with Gasteiger partial charge in [0.05, 0.1) is 10.7 Å². The summed E-state index contributed by atoms with van der Waals surface area (Å²) in [6, 6.07) is 14.7. The minimum Gasteiger partial charge on any atom is -0.321 e. The lowest BCUT2D eigenvalue weighted by molar-refractivity contribution is 0.102. The van der Waals surface area contributed by atoms with Crippen molar-refractivity contribution in [3.63, 3.8) is 0 Å². The summed E-state index contributed by atoms with van der Waals surface area (Å²) in [5, 5.41) is 10.3. The molecule has 0 aliphatic heterocycles. The molecule has 0 saturated carbocycles. The van der Waals surface area contributed by atoms with Crippen LogP contribution in [0.3, 0.4) is 0 Å². The third-order valence-corrected chi connectivity index (χ3v) is 4.61. The summed E-state index contributed by atoms with van der Waals surface area (Å²) in [5.41, 5.74) is 3.56. The zero-order chi connectivity index (χ0) is 16.4. The average Bonchev–Trinajstić information content (AvgIpc) is 3.01. The lowest BCUT2D eigenvalue weighted by Crippen LogP contribution is -2.12. The number of aryl methyl sites for hydroxylation is 1. The van der Waals surface area contributed by atoms with Gasteiger partial charge in [0.2, 0.25) is 0 Å². The molecule has 1 heterocycles. The quantitative estimate of drug-likeness (QED) is 0.657. The normalized spacial score (nSPS) is 10.6. The number of amides is 1. The van der Waals surface area contributed by atoms with Crippen molar-refractivity contribution in [2.75, 3.05) is 5.32 Å². The van der Waals surface area contributed by atoms with Crippen LogP contribution < -0.4 is 5.32 Å². The highest BCUT2D eigenvalue weighted by atomic mass is 79.9. The van der Waals surface area contributed by atoms with Gasteiger partial charge in [-0.1, -0.05) is 45.7 Å². The molecule has 3 aromatic rings. The van der Waals surface area contributed by atoms with Crippen molar-refractivity contribution in [2.45, 2.75) is 6.92 Å². The lowest BCUT2D eigenvalue weighted by Gasteiger charge is -2.05. The van der Waals surface area contributed by atoms with Gasteiger partial charge in [-0.25, -0.2) is 0 Å². The summed E-state index contributed by atoms with van der Waals surface area (Å²) in [4.78, 5) is 12.3. The smallest absolute Gasteiger partial charge is 0.273 e. The second-order valence-corrected chi connectivity index (χ2v) is 6.33. The van der Waals surface area contributed by atoms with Crippen molar-refractivity contribution in [1.29, 1.82) is 0 Å². The van der Waals surface area contributed by atoms with Crippen LogP contribution in [0.25, 0.3) is 11.3 Å². The summed E-state index contributed by atoms with van der Waals surface area (Å²) < 4.78 is 0.998. The first-order chi connectivity index (χ1) is 11.0. The number of carbonyl (C=O) groups is 1. The Labute approximate surface area is 147 Å². The van der Waals surface area contributed by atoms with E-state index in [-0.39, 0.29) is 5.91 Å². The van der Waals surface area contributed by atoms with Crippen LogP contribution in [-0.4, -0.2) is 16.1 Å². The van der Waals surface area contributed by atoms with Gasteiger partial charge in [0, 0.05) is 15.7 Å². The van der Waals surface area contributed by atoms with Gasteiger partial charge in [-0.2, -0.15) is 5.10 Å². The standard InChI is InChI=1S/C17H13BrClN3O/c1-10-8-11(6-7-13(10)18)20-17(23)16-9-15(21-22-16)12-4-2-3-5-14(12)19/h2-9H,1H3,(H,20,23)(H,21,22). The number of anilines is 1. The van der Waals surface area contributed by atoms with E-state index in [0.29, 0.717) is 16.4 Å². The van der Waals surface area contributed by atoms with Crippen molar-refractivity contribution >= 4 is 39.1 Å². The SMILES string of the molecule is Cc1cc(NC(=O)c2cc(-c3ccccc3Cl)n[nH]2)ccc1Br. The number of aromatic nitrogens is 2. The highest BCUT2D eigenvalue weighted by Crippen LogP contribution is 2.26. The van der Waals surface area contributed by atoms with E-state index in [0.717, 1.165) is 21.3 Å². The van der Waals surface area contributed by atoms with E-state index in [1.807, 2.05) is 43.3 Å². The number of rotatable bonds is 3. The highest BCUT2D eigenvalue weighted by Gasteiger charge is 2.13. The first-order valence-corrected chi connectivity index (χ1v) is 8.09. The van der Waals surface area contributed by atoms with Crippen molar-refractivity contribution in [1.82, 2.24) is 10.2 Å². The van der Waals surface area contributed by atoms with Crippen LogP contribution in [0.2, 0.25) is 5.02 Å². The molecule has 4 nitrogen and oxygen atoms in total. The molecule has 1 amide bonds. The average molecular weight is 391 g/mol. The molecule has 3 rings (SSSR count). The topological polar surface area (TPSA) is 57.8 Å². The molecule has 0 atom stereocenters. The van der Waals surface area contributed by atoms with Crippen LogP contribution in [0.4, 0.5) is 5.69 Å². The Kier molecular flexibility index (Phi) is 4.50. The van der Waals surface area contributed by atoms with E-state index < -0.39 is 0 Å². The minimum absolute atomic E-state index is 0.252. The van der Waals surface area contributed by atoms with Crippen molar-refractivity contribution in [3.05, 3.63) is 69.3 Å². The molecule has 0 radical (unpaired) electrons. The third kappa shape index (κ3) is 3.46. The molecule has 0 spiro atoms. The van der Waals surface area contributed by atoms with Gasteiger partial charge in [-0.3, -0.25) is 9.89 Å². The Hall–Kier alpha value is -2.11. The number of aromatic amines is 1. The van der Waals surface area contributed by atoms with Crippen molar-refractivity contribution in [3.8, 4) is 11.3 Å². The lowest BCUT2D eigenvalue weighted by atomic mass is 10.1. The van der Waals surface area contributed by atoms with Crippen molar-refractivity contribution in [2.24, 2.45) is 0 Å². The molecule has 0 aliphatic carbocycles. The molecule has 0 fully saturated rings. The number of nitrogens with zero attached hydrogens (tertiary/aromatic N) is 1. The first-order valence-electron chi connectivity index (χ1n) is 6.92. The van der Waals surface area contributed by atoms with E-state index in [1.165, 1.54) is 0 Å². The molecule has 6 heteroatoms. The zero-order valence-corrected chi connectivity index (χ0v) is 14.6. The molecule has 2 N–H and O–H groups in total. The number of halogens is 2. The van der Waals surface area contributed by atoms with E-state index in [1.54, 1.807) is 12.1 Å². The number of carbonyl (C=O) groups excluding carboxylic acids is 1. The van der Waals surface area contributed by atoms with E-state index >= 15 is 0 Å². The second kappa shape index (κ2) is 6.56. The molecule has 0 unspecified atom stereocenters. The Bertz CT molecular complexity index is 876. The molecule has 0 saturated heterocycles. The number of hydrogen-bond donors (Lipinski definition) is 2. The fourth-order valence-corrected chi connectivity index (χ4v) is 2.65. The number of benzene rings is 2. The first kappa shape index (κ1) is 15.8. The summed E-state index contributed by atoms with van der Waals surface area (Å²) in [5.74, 6) is -0.252. The maximum Gasteiger partial charge on any atom is 0.273 e. The molecule has 0 aliphatic rings. The van der Waals surface area contributed by atoms with E-state index in [4.69, 9.17) is 11.6 Å². The minimum atomic E-state index is -0.252. The maximum absolute atomic E-state index is 12.3. The maximum atomic E-state index is 12.3. The van der Waals surface area contributed by atoms with Crippen LogP contribution >= 0.6 is 27.5 Å². The van der Waals surface area contributed by atoms with E-state index in [9.17, 15) is 4.79 Å². The molecule has 1 aromatic heterocycles. The largest absolute Gasteiger partial charge is 0.321 e. The van der Waals surface area contributed by atoms with Gasteiger partial charge in [0.1, 0.15) is 5.69 Å². The summed E-state index contributed by atoms with van der Waals surface area (Å²) >= 11 is 9.59. The van der Waals surface area contributed by atoms with Crippen LogP contribution in [0.5, 0.6) is 0 Å². The molecular weight excluding hydrogens is 378 g/mol. The monoisotopic (exact) mass is 389 g/mol. The van der Waals surface area contributed by atoms with Gasteiger partial charge in [-0.15, -0.1) is 0 Å². The van der Waals surface area contributed by atoms with Gasteiger partial charge >= 0.3 is 0 Å². The van der Waals surface area contributed by atoms with Crippen molar-refractivity contribution < 1.29 is 4.79 Å². The second-order valence-electron chi connectivity index (χ2n) is 5.06. The van der Waals surface area contributed by atoms with Gasteiger partial charge in [0.25, 0.3) is 5.91 Å². The predicted molar refractivity (Wildman–Crippen MR) is 95.9 cm³/mol. The Morgan fingerprint density at radius 3 is 2.74 bits per heavy atom. The zero-order valence-electron chi connectivity index (χ0n) is 12.2. The van der Waals surface area contributed by atoms with Crippen LogP contribution in [-0.2, 0) is 0 Å². The molecule has 0 bridgehead atoms. The van der Waals surface area contributed by atoms with Gasteiger partial charge in [-0.05, 0) is 42.8 Å². The van der Waals surface area contributed by atoms with Gasteiger partial charge < -0.3 is 5.32 Å². The highest BCUT2D eigenvalue weighted by molar-refractivity contribution is 9.10. The summed E-state index contributed by atoms with van der Waals surface area (Å²) in [6.07, 6.45) is 0. The number of nitrogens with one attached hydrogen (secondary N) is 2. The molecule has 23 heavy (non-hydrogen) atoms. The van der Waals surface area contributed by atoms with Crippen LogP contribution in [0.1, 0.15) is 16.1 Å². The fourth-order valence-electron chi connectivity index (χ4n) is 2.17. The third-order valence-electron chi connectivity index (χ3n) is 3.39. The van der Waals surface area contributed by atoms with E-state index in [2.05, 4.69) is 31.4 Å². The Balaban J connectivity index is 1.81. The molecule has 116 valence electrons. The van der Waals surface area contributed by atoms with Crippen LogP contribution in [0, 0.1) is 6.92 Å². The van der Waals surface area contributed by atoms with Gasteiger partial charge in [0.15, 0.2) is 0 Å². The Morgan fingerprint density at radius 1 is 1.22 bits per heavy atom. The summed E-state index contributed by atoms with van der Waals surface area (Å²) in [6.45, 7) is 1.96. The van der Waals surface area contributed by atoms with Crippen LogP contribution in [0.15, 0.2) is 53.0 Å².